The topological polar surface area (TPSA) is 47.0 Å². The molecule has 0 bridgehead atoms. The molecule has 0 saturated heterocycles. The van der Waals surface area contributed by atoms with Crippen molar-refractivity contribution in [3.63, 3.8) is 0 Å². The van der Waals surface area contributed by atoms with E-state index in [-0.39, 0.29) is 5.02 Å². The van der Waals surface area contributed by atoms with Crippen LogP contribution in [0.1, 0.15) is 19.2 Å². The van der Waals surface area contributed by atoms with E-state index in [4.69, 9.17) is 16.3 Å². The molecule has 6 heteroatoms. The number of nitrogens with zero attached hydrogens (tertiary/aromatic N) is 2. The number of hydrogen-bond acceptors (Lipinski definition) is 4. The monoisotopic (exact) mass is 295 g/mol. The van der Waals surface area contributed by atoms with E-state index >= 15 is 0 Å². The summed E-state index contributed by atoms with van der Waals surface area (Å²) in [5.74, 6) is 1.68. The second kappa shape index (κ2) is 6.52. The molecular weight excluding hydrogens is 281 g/mol. The molecule has 0 spiro atoms. The molecule has 1 aromatic heterocycles. The molecule has 2 aromatic rings. The molecule has 0 amide bonds. The van der Waals surface area contributed by atoms with Gasteiger partial charge in [-0.05, 0) is 24.6 Å². The number of aryl methyl sites for hydroxylation is 1. The molecule has 0 radical (unpaired) electrons. The molecule has 0 saturated carbocycles. The molecule has 0 aliphatic rings. The average molecular weight is 296 g/mol. The van der Waals surface area contributed by atoms with E-state index in [1.54, 1.807) is 13.1 Å². The van der Waals surface area contributed by atoms with E-state index in [1.165, 1.54) is 18.2 Å². The number of halogens is 2. The van der Waals surface area contributed by atoms with Crippen LogP contribution in [0.4, 0.5) is 10.2 Å². The highest BCUT2D eigenvalue weighted by Crippen LogP contribution is 2.29. The molecule has 0 fully saturated rings. The van der Waals surface area contributed by atoms with Crippen LogP contribution >= 0.6 is 11.6 Å². The molecule has 0 aliphatic heterocycles. The number of hydrogen-bond donors (Lipinski definition) is 1. The Labute approximate surface area is 122 Å². The number of benzene rings is 1. The van der Waals surface area contributed by atoms with Crippen LogP contribution in [0.2, 0.25) is 5.02 Å². The number of anilines is 1. The zero-order valence-corrected chi connectivity index (χ0v) is 12.0. The fourth-order valence-corrected chi connectivity index (χ4v) is 1.86. The summed E-state index contributed by atoms with van der Waals surface area (Å²) in [4.78, 5) is 8.63. The zero-order valence-electron chi connectivity index (χ0n) is 11.3. The van der Waals surface area contributed by atoms with E-state index < -0.39 is 5.82 Å². The summed E-state index contributed by atoms with van der Waals surface area (Å²) >= 11 is 5.93. The normalized spacial score (nSPS) is 10.4. The number of nitrogens with one attached hydrogen (secondary N) is 1. The van der Waals surface area contributed by atoms with Crippen molar-refractivity contribution in [3.8, 4) is 11.6 Å². The standard InChI is InChI=1S/C14H15ClFN3O/c1-3-4-12-18-13(17-2)8-14(19-12)20-11-6-5-9(16)7-10(11)15/h5-8H,3-4H2,1-2H3,(H,17,18,19). The highest BCUT2D eigenvalue weighted by Gasteiger charge is 2.08. The lowest BCUT2D eigenvalue weighted by Gasteiger charge is -2.09. The maximum Gasteiger partial charge on any atom is 0.224 e. The van der Waals surface area contributed by atoms with Gasteiger partial charge in [-0.15, -0.1) is 0 Å². The summed E-state index contributed by atoms with van der Waals surface area (Å²) in [6, 6.07) is 5.62. The summed E-state index contributed by atoms with van der Waals surface area (Å²) in [5, 5.41) is 3.15. The smallest absolute Gasteiger partial charge is 0.224 e. The van der Waals surface area contributed by atoms with Crippen LogP contribution in [0, 0.1) is 5.82 Å². The number of ether oxygens (including phenoxy) is 1. The van der Waals surface area contributed by atoms with Crippen molar-refractivity contribution in [2.75, 3.05) is 12.4 Å². The Morgan fingerprint density at radius 2 is 2.10 bits per heavy atom. The first-order chi connectivity index (χ1) is 9.62. The van der Waals surface area contributed by atoms with Gasteiger partial charge in [-0.3, -0.25) is 0 Å². The lowest BCUT2D eigenvalue weighted by molar-refractivity contribution is 0.457. The van der Waals surface area contributed by atoms with Crippen LogP contribution in [0.3, 0.4) is 0 Å². The number of aromatic nitrogens is 2. The van der Waals surface area contributed by atoms with Gasteiger partial charge in [0, 0.05) is 19.5 Å². The molecule has 1 aromatic carbocycles. The quantitative estimate of drug-likeness (QED) is 0.904. The van der Waals surface area contributed by atoms with Gasteiger partial charge in [0.1, 0.15) is 23.2 Å². The van der Waals surface area contributed by atoms with Crippen molar-refractivity contribution >= 4 is 17.4 Å². The Balaban J connectivity index is 2.29. The molecule has 2 rings (SSSR count). The van der Waals surface area contributed by atoms with E-state index in [0.29, 0.717) is 23.3 Å². The first kappa shape index (κ1) is 14.5. The van der Waals surface area contributed by atoms with Gasteiger partial charge in [0.2, 0.25) is 5.88 Å². The number of rotatable bonds is 5. The summed E-state index contributed by atoms with van der Waals surface area (Å²) in [6.07, 6.45) is 1.69. The van der Waals surface area contributed by atoms with Gasteiger partial charge in [0.25, 0.3) is 0 Å². The van der Waals surface area contributed by atoms with Crippen LogP contribution in [-0.4, -0.2) is 17.0 Å². The lowest BCUT2D eigenvalue weighted by Crippen LogP contribution is -2.02. The minimum atomic E-state index is -0.410. The molecule has 0 unspecified atom stereocenters. The third kappa shape index (κ3) is 3.57. The molecule has 0 aliphatic carbocycles. The fraction of sp³-hybridized carbons (Fsp3) is 0.286. The van der Waals surface area contributed by atoms with Crippen LogP contribution < -0.4 is 10.1 Å². The van der Waals surface area contributed by atoms with E-state index in [9.17, 15) is 4.39 Å². The van der Waals surface area contributed by atoms with Crippen LogP contribution in [0.25, 0.3) is 0 Å². The molecule has 0 atom stereocenters. The second-order valence-electron chi connectivity index (χ2n) is 4.18. The summed E-state index contributed by atoms with van der Waals surface area (Å²) in [6.45, 7) is 2.05. The Morgan fingerprint density at radius 3 is 2.75 bits per heavy atom. The Hall–Kier alpha value is -1.88. The van der Waals surface area contributed by atoms with Crippen molar-refractivity contribution in [2.24, 2.45) is 0 Å². The molecular formula is C14H15ClFN3O. The SMILES string of the molecule is CCCc1nc(NC)cc(Oc2ccc(F)cc2Cl)n1. The largest absolute Gasteiger partial charge is 0.437 e. The Morgan fingerprint density at radius 1 is 1.30 bits per heavy atom. The maximum atomic E-state index is 13.0. The van der Waals surface area contributed by atoms with Gasteiger partial charge in [0.05, 0.1) is 5.02 Å². The third-order valence-corrected chi connectivity index (χ3v) is 2.88. The van der Waals surface area contributed by atoms with Crippen molar-refractivity contribution in [1.29, 1.82) is 0 Å². The van der Waals surface area contributed by atoms with E-state index in [0.717, 1.165) is 12.8 Å². The lowest BCUT2D eigenvalue weighted by atomic mass is 10.3. The summed E-state index contributed by atoms with van der Waals surface area (Å²) < 4.78 is 18.6. The first-order valence-electron chi connectivity index (χ1n) is 6.31. The molecule has 1 heterocycles. The van der Waals surface area contributed by atoms with Gasteiger partial charge >= 0.3 is 0 Å². The van der Waals surface area contributed by atoms with Crippen molar-refractivity contribution in [3.05, 3.63) is 40.9 Å². The first-order valence-corrected chi connectivity index (χ1v) is 6.68. The van der Waals surface area contributed by atoms with Crippen molar-refractivity contribution in [1.82, 2.24) is 9.97 Å². The maximum absolute atomic E-state index is 13.0. The zero-order chi connectivity index (χ0) is 14.5. The van der Waals surface area contributed by atoms with Crippen molar-refractivity contribution in [2.45, 2.75) is 19.8 Å². The predicted octanol–water partition coefficient (Wildman–Crippen LogP) is 4.06. The average Bonchev–Trinajstić information content (AvgIpc) is 2.42. The Bertz CT molecular complexity index is 607. The van der Waals surface area contributed by atoms with Gasteiger partial charge in [-0.25, -0.2) is 9.37 Å². The van der Waals surface area contributed by atoms with Crippen molar-refractivity contribution < 1.29 is 9.13 Å². The minimum Gasteiger partial charge on any atom is -0.437 e. The minimum absolute atomic E-state index is 0.201. The van der Waals surface area contributed by atoms with Gasteiger partial charge in [-0.1, -0.05) is 18.5 Å². The second-order valence-corrected chi connectivity index (χ2v) is 4.59. The fourth-order valence-electron chi connectivity index (χ4n) is 1.66. The summed E-state index contributed by atoms with van der Waals surface area (Å²) in [7, 11) is 1.77. The highest BCUT2D eigenvalue weighted by molar-refractivity contribution is 6.32. The predicted molar refractivity (Wildman–Crippen MR) is 77.1 cm³/mol. The van der Waals surface area contributed by atoms with Gasteiger partial charge in [-0.2, -0.15) is 4.98 Å². The Kier molecular flexibility index (Phi) is 4.74. The van der Waals surface area contributed by atoms with Crippen LogP contribution in [0.15, 0.2) is 24.3 Å². The molecule has 4 nitrogen and oxygen atoms in total. The highest BCUT2D eigenvalue weighted by atomic mass is 35.5. The van der Waals surface area contributed by atoms with E-state index in [1.807, 2.05) is 6.92 Å². The molecule has 106 valence electrons. The summed E-state index contributed by atoms with van der Waals surface area (Å²) in [5.41, 5.74) is 0. The molecule has 20 heavy (non-hydrogen) atoms. The third-order valence-electron chi connectivity index (χ3n) is 2.59. The molecule has 1 N–H and O–H groups in total. The van der Waals surface area contributed by atoms with Gasteiger partial charge in [0.15, 0.2) is 0 Å². The van der Waals surface area contributed by atoms with Crippen LogP contribution in [0.5, 0.6) is 11.6 Å². The van der Waals surface area contributed by atoms with E-state index in [2.05, 4.69) is 15.3 Å². The van der Waals surface area contributed by atoms with Crippen LogP contribution in [-0.2, 0) is 6.42 Å². The van der Waals surface area contributed by atoms with Gasteiger partial charge < -0.3 is 10.1 Å².